The average molecular weight is 263 g/mol. The summed E-state index contributed by atoms with van der Waals surface area (Å²) in [6.07, 6.45) is 4.03. The number of likely N-dealkylation sites (tertiary alicyclic amines) is 1. The quantitative estimate of drug-likeness (QED) is 0.818. The molecule has 0 radical (unpaired) electrons. The minimum atomic E-state index is -0.246. The highest BCUT2D eigenvalue weighted by molar-refractivity contribution is 5.78. The molecule has 0 spiro atoms. The van der Waals surface area contributed by atoms with Crippen LogP contribution in [0, 0.1) is 5.92 Å². The van der Waals surface area contributed by atoms with Crippen molar-refractivity contribution in [2.24, 2.45) is 5.92 Å². The highest BCUT2D eigenvalue weighted by Gasteiger charge is 2.31. The molecule has 0 aromatic carbocycles. The van der Waals surface area contributed by atoms with E-state index in [0.717, 1.165) is 5.56 Å². The van der Waals surface area contributed by atoms with Crippen LogP contribution in [0.4, 0.5) is 4.79 Å². The second kappa shape index (κ2) is 6.17. The van der Waals surface area contributed by atoms with Gasteiger partial charge >= 0.3 is 12.0 Å². The Kier molecular flexibility index (Phi) is 4.33. The van der Waals surface area contributed by atoms with Crippen molar-refractivity contribution in [2.45, 2.75) is 13.0 Å². The molecular weight excluding hydrogens is 246 g/mol. The van der Waals surface area contributed by atoms with Crippen LogP contribution in [0.25, 0.3) is 0 Å². The van der Waals surface area contributed by atoms with Crippen LogP contribution in [0.3, 0.4) is 0 Å². The minimum Gasteiger partial charge on any atom is -0.469 e. The van der Waals surface area contributed by atoms with Gasteiger partial charge in [-0.3, -0.25) is 9.78 Å². The third-order valence-corrected chi connectivity index (χ3v) is 3.20. The van der Waals surface area contributed by atoms with E-state index in [0.29, 0.717) is 26.1 Å². The number of hydrogen-bond donors (Lipinski definition) is 1. The SMILES string of the molecule is COC(=O)C1CCN(C(=O)NCc2ccncc2)C1. The number of rotatable bonds is 3. The van der Waals surface area contributed by atoms with Gasteiger partial charge in [-0.2, -0.15) is 0 Å². The summed E-state index contributed by atoms with van der Waals surface area (Å²) in [5.74, 6) is -0.443. The molecule has 1 N–H and O–H groups in total. The predicted molar refractivity (Wildman–Crippen MR) is 68.2 cm³/mol. The van der Waals surface area contributed by atoms with Gasteiger partial charge in [0.2, 0.25) is 0 Å². The van der Waals surface area contributed by atoms with Crippen molar-refractivity contribution in [1.29, 1.82) is 0 Å². The molecule has 0 saturated carbocycles. The zero-order valence-electron chi connectivity index (χ0n) is 10.8. The van der Waals surface area contributed by atoms with Crippen molar-refractivity contribution in [3.63, 3.8) is 0 Å². The first-order chi connectivity index (χ1) is 9.20. The zero-order valence-corrected chi connectivity index (χ0v) is 10.8. The normalized spacial score (nSPS) is 18.2. The largest absolute Gasteiger partial charge is 0.469 e. The van der Waals surface area contributed by atoms with Gasteiger partial charge in [-0.1, -0.05) is 0 Å². The lowest BCUT2D eigenvalue weighted by Gasteiger charge is -2.16. The molecule has 1 aliphatic heterocycles. The lowest BCUT2D eigenvalue weighted by molar-refractivity contribution is -0.144. The summed E-state index contributed by atoms with van der Waals surface area (Å²) in [5.41, 5.74) is 0.993. The van der Waals surface area contributed by atoms with Crippen LogP contribution >= 0.6 is 0 Å². The summed E-state index contributed by atoms with van der Waals surface area (Å²) in [4.78, 5) is 28.9. The van der Waals surface area contributed by atoms with Gasteiger partial charge < -0.3 is 15.0 Å². The first-order valence-electron chi connectivity index (χ1n) is 6.20. The molecule has 0 bridgehead atoms. The summed E-state index contributed by atoms with van der Waals surface area (Å²) in [5, 5.41) is 2.83. The number of nitrogens with zero attached hydrogens (tertiary/aromatic N) is 2. The first kappa shape index (κ1) is 13.3. The number of urea groups is 1. The fourth-order valence-electron chi connectivity index (χ4n) is 2.09. The molecular formula is C13H17N3O3. The number of nitrogens with one attached hydrogen (secondary N) is 1. The molecule has 1 aromatic heterocycles. The van der Waals surface area contributed by atoms with Crippen LogP contribution in [-0.4, -0.2) is 42.1 Å². The topological polar surface area (TPSA) is 71.5 Å². The molecule has 0 aliphatic carbocycles. The van der Waals surface area contributed by atoms with Crippen molar-refractivity contribution in [3.8, 4) is 0 Å². The third-order valence-electron chi connectivity index (χ3n) is 3.20. The number of methoxy groups -OCH3 is 1. The molecule has 1 fully saturated rings. The van der Waals surface area contributed by atoms with E-state index >= 15 is 0 Å². The average Bonchev–Trinajstić information content (AvgIpc) is 2.95. The number of carbonyl (C=O) groups excluding carboxylic acids is 2. The van der Waals surface area contributed by atoms with Crippen LogP contribution < -0.4 is 5.32 Å². The number of ether oxygens (including phenoxy) is 1. The highest BCUT2D eigenvalue weighted by atomic mass is 16.5. The second-order valence-corrected chi connectivity index (χ2v) is 4.47. The molecule has 1 atom stereocenters. The standard InChI is InChI=1S/C13H17N3O3/c1-19-12(17)11-4-7-16(9-11)13(18)15-8-10-2-5-14-6-3-10/h2-3,5-6,11H,4,7-9H2,1H3,(H,15,18). The fourth-order valence-corrected chi connectivity index (χ4v) is 2.09. The Bertz CT molecular complexity index is 450. The first-order valence-corrected chi connectivity index (χ1v) is 6.20. The Labute approximate surface area is 111 Å². The Morgan fingerprint density at radius 2 is 2.21 bits per heavy atom. The van der Waals surface area contributed by atoms with E-state index in [4.69, 9.17) is 0 Å². The predicted octanol–water partition coefficient (Wildman–Crippen LogP) is 0.786. The summed E-state index contributed by atoms with van der Waals surface area (Å²) in [6, 6.07) is 3.55. The zero-order chi connectivity index (χ0) is 13.7. The van der Waals surface area contributed by atoms with Gasteiger partial charge in [-0.05, 0) is 24.1 Å². The molecule has 2 rings (SSSR count). The van der Waals surface area contributed by atoms with Crippen molar-refractivity contribution >= 4 is 12.0 Å². The number of aromatic nitrogens is 1. The fraction of sp³-hybridized carbons (Fsp3) is 0.462. The number of amides is 2. The molecule has 6 nitrogen and oxygen atoms in total. The lowest BCUT2D eigenvalue weighted by atomic mass is 10.1. The third kappa shape index (κ3) is 3.43. The van der Waals surface area contributed by atoms with E-state index in [-0.39, 0.29) is 17.9 Å². The lowest BCUT2D eigenvalue weighted by Crippen LogP contribution is -2.38. The maximum Gasteiger partial charge on any atom is 0.317 e. The Morgan fingerprint density at radius 3 is 2.89 bits per heavy atom. The summed E-state index contributed by atoms with van der Waals surface area (Å²) in [6.45, 7) is 1.47. The molecule has 1 aromatic rings. The van der Waals surface area contributed by atoms with Crippen molar-refractivity contribution in [2.75, 3.05) is 20.2 Å². The van der Waals surface area contributed by atoms with Crippen LogP contribution in [-0.2, 0) is 16.1 Å². The van der Waals surface area contributed by atoms with Gasteiger partial charge in [0.15, 0.2) is 0 Å². The van der Waals surface area contributed by atoms with Gasteiger partial charge in [-0.15, -0.1) is 0 Å². The van der Waals surface area contributed by atoms with Crippen LogP contribution in [0.2, 0.25) is 0 Å². The maximum atomic E-state index is 11.9. The van der Waals surface area contributed by atoms with Crippen molar-refractivity contribution in [3.05, 3.63) is 30.1 Å². The molecule has 2 amide bonds. The Hall–Kier alpha value is -2.11. The number of carbonyl (C=O) groups is 2. The number of esters is 1. The van der Waals surface area contributed by atoms with E-state index < -0.39 is 0 Å². The molecule has 19 heavy (non-hydrogen) atoms. The van der Waals surface area contributed by atoms with E-state index in [2.05, 4.69) is 15.0 Å². The Balaban J connectivity index is 1.80. The van der Waals surface area contributed by atoms with E-state index in [1.54, 1.807) is 17.3 Å². The number of hydrogen-bond acceptors (Lipinski definition) is 4. The van der Waals surface area contributed by atoms with Gasteiger partial charge in [0.1, 0.15) is 0 Å². The van der Waals surface area contributed by atoms with E-state index in [1.165, 1.54) is 7.11 Å². The van der Waals surface area contributed by atoms with Gasteiger partial charge in [0, 0.05) is 32.0 Å². The smallest absolute Gasteiger partial charge is 0.317 e. The van der Waals surface area contributed by atoms with Crippen LogP contribution in [0.1, 0.15) is 12.0 Å². The summed E-state index contributed by atoms with van der Waals surface area (Å²) < 4.78 is 4.69. The summed E-state index contributed by atoms with van der Waals surface area (Å²) in [7, 11) is 1.37. The molecule has 6 heteroatoms. The van der Waals surface area contributed by atoms with Gasteiger partial charge in [0.05, 0.1) is 13.0 Å². The summed E-state index contributed by atoms with van der Waals surface area (Å²) >= 11 is 0. The molecule has 102 valence electrons. The molecule has 1 saturated heterocycles. The molecule has 1 unspecified atom stereocenters. The molecule has 1 aliphatic rings. The van der Waals surface area contributed by atoms with Crippen LogP contribution in [0.15, 0.2) is 24.5 Å². The second-order valence-electron chi connectivity index (χ2n) is 4.47. The van der Waals surface area contributed by atoms with E-state index in [1.807, 2.05) is 12.1 Å². The van der Waals surface area contributed by atoms with Gasteiger partial charge in [0.25, 0.3) is 0 Å². The van der Waals surface area contributed by atoms with Gasteiger partial charge in [-0.25, -0.2) is 4.79 Å². The van der Waals surface area contributed by atoms with E-state index in [9.17, 15) is 9.59 Å². The Morgan fingerprint density at radius 1 is 1.47 bits per heavy atom. The number of pyridine rings is 1. The molecule has 2 heterocycles. The minimum absolute atomic E-state index is 0.150. The highest BCUT2D eigenvalue weighted by Crippen LogP contribution is 2.17. The van der Waals surface area contributed by atoms with Crippen molar-refractivity contribution in [1.82, 2.24) is 15.2 Å². The van der Waals surface area contributed by atoms with Crippen LogP contribution in [0.5, 0.6) is 0 Å². The maximum absolute atomic E-state index is 11.9. The monoisotopic (exact) mass is 263 g/mol. The van der Waals surface area contributed by atoms with Crippen molar-refractivity contribution < 1.29 is 14.3 Å².